The molecule has 0 aromatic rings. The van der Waals surface area contributed by atoms with Gasteiger partial charge in [-0.1, -0.05) is 13.8 Å². The zero-order valence-electron chi connectivity index (χ0n) is 9.43. The fourth-order valence-electron chi connectivity index (χ4n) is 1.66. The van der Waals surface area contributed by atoms with Crippen molar-refractivity contribution >= 4 is 5.97 Å². The molecule has 1 rings (SSSR count). The van der Waals surface area contributed by atoms with Crippen molar-refractivity contribution < 1.29 is 9.53 Å². The number of carbonyl (C=O) groups is 1. The molecular weight excluding hydrogens is 178 g/mol. The average Bonchev–Trinajstić information content (AvgIpc) is 2.73. The largest absolute Gasteiger partial charge is 0.469 e. The molecule has 0 spiro atoms. The van der Waals surface area contributed by atoms with Gasteiger partial charge in [0.2, 0.25) is 0 Å². The highest BCUT2D eigenvalue weighted by molar-refractivity contribution is 5.69. The van der Waals surface area contributed by atoms with E-state index in [0.29, 0.717) is 11.8 Å². The minimum Gasteiger partial charge on any atom is -0.469 e. The Hall–Kier alpha value is -0.570. The van der Waals surface area contributed by atoms with Gasteiger partial charge < -0.3 is 10.1 Å². The van der Waals surface area contributed by atoms with Crippen LogP contribution in [0.2, 0.25) is 0 Å². The molecule has 3 heteroatoms. The molecule has 0 radical (unpaired) electrons. The summed E-state index contributed by atoms with van der Waals surface area (Å²) in [5.74, 6) is 0.721. The molecule has 1 atom stereocenters. The molecule has 3 nitrogen and oxygen atoms in total. The lowest BCUT2D eigenvalue weighted by atomic mass is 10.1. The van der Waals surface area contributed by atoms with Gasteiger partial charge >= 0.3 is 5.97 Å². The van der Waals surface area contributed by atoms with E-state index in [4.69, 9.17) is 0 Å². The number of rotatable bonds is 6. The number of ether oxygens (including phenoxy) is 1. The SMILES string of the molecule is COC(=O)CCCNCC1CC1(C)C. The lowest BCUT2D eigenvalue weighted by Crippen LogP contribution is -2.20. The first-order chi connectivity index (χ1) is 6.56. The Kier molecular flexibility index (Phi) is 3.93. The van der Waals surface area contributed by atoms with Crippen LogP contribution in [0.15, 0.2) is 0 Å². The van der Waals surface area contributed by atoms with Crippen LogP contribution in [0.3, 0.4) is 0 Å². The van der Waals surface area contributed by atoms with Crippen LogP contribution in [0.5, 0.6) is 0 Å². The van der Waals surface area contributed by atoms with E-state index in [2.05, 4.69) is 23.9 Å². The highest BCUT2D eigenvalue weighted by Gasteiger charge is 2.44. The van der Waals surface area contributed by atoms with Crippen LogP contribution < -0.4 is 5.32 Å². The molecule has 1 N–H and O–H groups in total. The quantitative estimate of drug-likeness (QED) is 0.521. The molecule has 0 amide bonds. The highest BCUT2D eigenvalue weighted by Crippen LogP contribution is 2.50. The lowest BCUT2D eigenvalue weighted by Gasteiger charge is -2.05. The van der Waals surface area contributed by atoms with Crippen molar-refractivity contribution in [1.82, 2.24) is 5.32 Å². The molecule has 82 valence electrons. The van der Waals surface area contributed by atoms with Crippen molar-refractivity contribution in [3.63, 3.8) is 0 Å². The van der Waals surface area contributed by atoms with Crippen molar-refractivity contribution in [2.24, 2.45) is 11.3 Å². The summed E-state index contributed by atoms with van der Waals surface area (Å²) in [6.07, 6.45) is 2.73. The van der Waals surface area contributed by atoms with Crippen LogP contribution in [-0.2, 0) is 9.53 Å². The zero-order valence-corrected chi connectivity index (χ0v) is 9.43. The van der Waals surface area contributed by atoms with Gasteiger partial charge in [0.1, 0.15) is 0 Å². The Morgan fingerprint density at radius 3 is 2.71 bits per heavy atom. The van der Waals surface area contributed by atoms with Gasteiger partial charge in [-0.25, -0.2) is 0 Å². The van der Waals surface area contributed by atoms with Crippen LogP contribution >= 0.6 is 0 Å². The Labute approximate surface area is 86.2 Å². The molecule has 1 saturated carbocycles. The third-order valence-electron chi connectivity index (χ3n) is 3.07. The summed E-state index contributed by atoms with van der Waals surface area (Å²) < 4.78 is 4.56. The molecule has 0 aromatic heterocycles. The monoisotopic (exact) mass is 199 g/mol. The van der Waals surface area contributed by atoms with Gasteiger partial charge in [-0.2, -0.15) is 0 Å². The predicted molar refractivity (Wildman–Crippen MR) is 56.0 cm³/mol. The first-order valence-corrected chi connectivity index (χ1v) is 5.34. The highest BCUT2D eigenvalue weighted by atomic mass is 16.5. The minimum atomic E-state index is -0.112. The van der Waals surface area contributed by atoms with Crippen molar-refractivity contribution in [3.8, 4) is 0 Å². The van der Waals surface area contributed by atoms with Crippen LogP contribution in [-0.4, -0.2) is 26.2 Å². The number of nitrogens with one attached hydrogen (secondary N) is 1. The molecule has 1 aliphatic rings. The van der Waals surface area contributed by atoms with Gasteiger partial charge in [-0.15, -0.1) is 0 Å². The van der Waals surface area contributed by atoms with E-state index in [1.165, 1.54) is 13.5 Å². The van der Waals surface area contributed by atoms with Gasteiger partial charge in [0.25, 0.3) is 0 Å². The second kappa shape index (κ2) is 4.78. The van der Waals surface area contributed by atoms with Gasteiger partial charge in [-0.05, 0) is 37.3 Å². The molecule has 0 aromatic carbocycles. The number of carbonyl (C=O) groups excluding carboxylic acids is 1. The van der Waals surface area contributed by atoms with E-state index >= 15 is 0 Å². The number of methoxy groups -OCH3 is 1. The van der Waals surface area contributed by atoms with Crippen LogP contribution in [0.25, 0.3) is 0 Å². The number of hydrogen-bond donors (Lipinski definition) is 1. The van der Waals surface area contributed by atoms with Gasteiger partial charge in [0, 0.05) is 6.42 Å². The standard InChI is InChI=1S/C11H21NO2/c1-11(2)7-9(11)8-12-6-4-5-10(13)14-3/h9,12H,4-8H2,1-3H3. The van der Waals surface area contributed by atoms with E-state index in [1.54, 1.807) is 0 Å². The summed E-state index contributed by atoms with van der Waals surface area (Å²) in [6, 6.07) is 0. The lowest BCUT2D eigenvalue weighted by molar-refractivity contribution is -0.140. The maximum Gasteiger partial charge on any atom is 0.305 e. The summed E-state index contributed by atoms with van der Waals surface area (Å²) >= 11 is 0. The first kappa shape index (κ1) is 11.5. The molecular formula is C11H21NO2. The fraction of sp³-hybridized carbons (Fsp3) is 0.909. The molecule has 14 heavy (non-hydrogen) atoms. The Balaban J connectivity index is 1.88. The van der Waals surface area contributed by atoms with Gasteiger partial charge in [0.05, 0.1) is 7.11 Å². The van der Waals surface area contributed by atoms with E-state index < -0.39 is 0 Å². The smallest absolute Gasteiger partial charge is 0.305 e. The average molecular weight is 199 g/mol. The number of esters is 1. The molecule has 0 heterocycles. The Morgan fingerprint density at radius 2 is 2.21 bits per heavy atom. The van der Waals surface area contributed by atoms with Crippen LogP contribution in [0, 0.1) is 11.3 Å². The van der Waals surface area contributed by atoms with Crippen molar-refractivity contribution in [2.45, 2.75) is 33.1 Å². The normalized spacial score (nSPS) is 23.2. The van der Waals surface area contributed by atoms with Crippen molar-refractivity contribution in [3.05, 3.63) is 0 Å². The summed E-state index contributed by atoms with van der Waals surface area (Å²) in [5.41, 5.74) is 0.551. The van der Waals surface area contributed by atoms with Crippen molar-refractivity contribution in [2.75, 3.05) is 20.2 Å². The molecule has 1 unspecified atom stereocenters. The van der Waals surface area contributed by atoms with Crippen LogP contribution in [0.4, 0.5) is 0 Å². The maximum absolute atomic E-state index is 10.8. The summed E-state index contributed by atoms with van der Waals surface area (Å²) in [4.78, 5) is 10.8. The summed E-state index contributed by atoms with van der Waals surface area (Å²) in [5, 5.41) is 3.37. The third kappa shape index (κ3) is 3.66. The topological polar surface area (TPSA) is 38.3 Å². The number of hydrogen-bond acceptors (Lipinski definition) is 3. The molecule has 1 fully saturated rings. The second-order valence-corrected chi connectivity index (χ2v) is 4.77. The molecule has 0 bridgehead atoms. The van der Waals surface area contributed by atoms with Gasteiger partial charge in [-0.3, -0.25) is 4.79 Å². The molecule has 0 saturated heterocycles. The first-order valence-electron chi connectivity index (χ1n) is 5.34. The molecule has 0 aliphatic heterocycles. The van der Waals surface area contributed by atoms with Crippen molar-refractivity contribution in [1.29, 1.82) is 0 Å². The fourth-order valence-corrected chi connectivity index (χ4v) is 1.66. The Bertz CT molecular complexity index is 201. The predicted octanol–water partition coefficient (Wildman–Crippen LogP) is 1.58. The third-order valence-corrected chi connectivity index (χ3v) is 3.07. The maximum atomic E-state index is 10.8. The second-order valence-electron chi connectivity index (χ2n) is 4.77. The zero-order chi connectivity index (χ0) is 10.6. The van der Waals surface area contributed by atoms with E-state index in [9.17, 15) is 4.79 Å². The Morgan fingerprint density at radius 1 is 1.57 bits per heavy atom. The van der Waals surface area contributed by atoms with E-state index in [-0.39, 0.29) is 5.97 Å². The van der Waals surface area contributed by atoms with E-state index in [0.717, 1.165) is 25.4 Å². The van der Waals surface area contributed by atoms with E-state index in [1.807, 2.05) is 0 Å². The van der Waals surface area contributed by atoms with Gasteiger partial charge in [0.15, 0.2) is 0 Å². The summed E-state index contributed by atoms with van der Waals surface area (Å²) in [6.45, 7) is 6.61. The van der Waals surface area contributed by atoms with Crippen LogP contribution in [0.1, 0.15) is 33.1 Å². The minimum absolute atomic E-state index is 0.112. The summed E-state index contributed by atoms with van der Waals surface area (Å²) in [7, 11) is 1.43. The molecule has 1 aliphatic carbocycles.